The zero-order chi connectivity index (χ0) is 15.0. The molecular formula is C16H19ClO3. The molecule has 0 amide bonds. The minimum Gasteiger partial charge on any atom is -0.481 e. The van der Waals surface area contributed by atoms with Crippen LogP contribution in [0.4, 0.5) is 0 Å². The molecule has 0 radical (unpaired) electrons. The molecule has 0 unspecified atom stereocenters. The second-order valence-electron chi connectivity index (χ2n) is 4.37. The van der Waals surface area contributed by atoms with Crippen molar-refractivity contribution in [2.45, 2.75) is 32.1 Å². The van der Waals surface area contributed by atoms with Crippen molar-refractivity contribution >= 4 is 17.6 Å². The second-order valence-corrected chi connectivity index (χ2v) is 4.56. The van der Waals surface area contributed by atoms with E-state index in [9.17, 15) is 4.79 Å². The lowest BCUT2D eigenvalue weighted by molar-refractivity contribution is -0.148. The number of benzene rings is 1. The number of esters is 1. The molecule has 0 aliphatic heterocycles. The van der Waals surface area contributed by atoms with Gasteiger partial charge in [0.15, 0.2) is 0 Å². The van der Waals surface area contributed by atoms with Crippen molar-refractivity contribution in [3.8, 4) is 17.0 Å². The number of carbonyl (C=O) groups excluding carboxylic acids is 1. The average molecular weight is 295 g/mol. The summed E-state index contributed by atoms with van der Waals surface area (Å²) in [4.78, 5) is 12.2. The van der Waals surface area contributed by atoms with E-state index in [1.807, 2.05) is 38.1 Å². The Morgan fingerprint density at radius 2 is 2.05 bits per heavy atom. The van der Waals surface area contributed by atoms with Crippen molar-refractivity contribution in [1.29, 1.82) is 0 Å². The summed E-state index contributed by atoms with van der Waals surface area (Å²) in [5.74, 6) is 3.06. The molecule has 0 saturated carbocycles. The first-order valence-corrected chi connectivity index (χ1v) is 6.92. The Kier molecular flexibility index (Phi) is 6.41. The van der Waals surface area contributed by atoms with Gasteiger partial charge in [0.05, 0.1) is 12.5 Å². The molecule has 1 rings (SSSR count). The molecule has 1 aromatic rings. The maximum atomic E-state index is 12.2. The zero-order valence-corrected chi connectivity index (χ0v) is 12.8. The summed E-state index contributed by atoms with van der Waals surface area (Å²) in [6.45, 7) is 4.18. The molecule has 0 heterocycles. The van der Waals surface area contributed by atoms with E-state index in [1.165, 1.54) is 7.11 Å². The highest BCUT2D eigenvalue weighted by Gasteiger charge is 2.38. The minimum absolute atomic E-state index is 0.219. The van der Waals surface area contributed by atoms with Crippen LogP contribution >= 0.6 is 11.6 Å². The highest BCUT2D eigenvalue weighted by atomic mass is 35.5. The molecule has 0 aromatic heterocycles. The Labute approximate surface area is 125 Å². The summed E-state index contributed by atoms with van der Waals surface area (Å²) in [6.07, 6.45) is 1.34. The zero-order valence-electron chi connectivity index (χ0n) is 12.0. The monoisotopic (exact) mass is 294 g/mol. The number of hydrogen-bond acceptors (Lipinski definition) is 3. The van der Waals surface area contributed by atoms with Crippen LogP contribution in [0.3, 0.4) is 0 Å². The fourth-order valence-corrected chi connectivity index (χ4v) is 2.34. The third-order valence-electron chi connectivity index (χ3n) is 3.55. The SMILES string of the molecule is CCC(CC)(C(=O)OC)c1cccc(OCC#CCl)c1. The van der Waals surface area contributed by atoms with Gasteiger partial charge in [0.25, 0.3) is 0 Å². The summed E-state index contributed by atoms with van der Waals surface area (Å²) in [5, 5.41) is 2.26. The van der Waals surface area contributed by atoms with Crippen molar-refractivity contribution in [1.82, 2.24) is 0 Å². The minimum atomic E-state index is -0.633. The predicted molar refractivity (Wildman–Crippen MR) is 79.8 cm³/mol. The van der Waals surface area contributed by atoms with E-state index in [0.29, 0.717) is 18.6 Å². The fraction of sp³-hybridized carbons (Fsp3) is 0.438. The van der Waals surface area contributed by atoms with E-state index in [1.54, 1.807) is 0 Å². The average Bonchev–Trinajstić information content (AvgIpc) is 2.49. The van der Waals surface area contributed by atoms with E-state index >= 15 is 0 Å². The van der Waals surface area contributed by atoms with Crippen LogP contribution in [0.25, 0.3) is 0 Å². The first-order valence-electron chi connectivity index (χ1n) is 6.54. The maximum Gasteiger partial charge on any atom is 0.316 e. The first kappa shape index (κ1) is 16.4. The van der Waals surface area contributed by atoms with Crippen LogP contribution in [-0.2, 0) is 14.9 Å². The van der Waals surface area contributed by atoms with Gasteiger partial charge in [-0.1, -0.05) is 26.0 Å². The largest absolute Gasteiger partial charge is 0.481 e. The number of carbonyl (C=O) groups is 1. The van der Waals surface area contributed by atoms with Crippen LogP contribution in [0.1, 0.15) is 32.3 Å². The quantitative estimate of drug-likeness (QED) is 0.595. The molecule has 0 N–H and O–H groups in total. The van der Waals surface area contributed by atoms with Gasteiger partial charge in [-0.2, -0.15) is 0 Å². The lowest BCUT2D eigenvalue weighted by atomic mass is 9.76. The number of rotatable bonds is 6. The van der Waals surface area contributed by atoms with E-state index in [0.717, 1.165) is 5.56 Å². The van der Waals surface area contributed by atoms with Crippen molar-refractivity contribution in [2.75, 3.05) is 13.7 Å². The maximum absolute atomic E-state index is 12.2. The van der Waals surface area contributed by atoms with Crippen LogP contribution in [0, 0.1) is 11.3 Å². The Morgan fingerprint density at radius 1 is 1.35 bits per heavy atom. The van der Waals surface area contributed by atoms with E-state index < -0.39 is 5.41 Å². The van der Waals surface area contributed by atoms with Crippen LogP contribution in [0.5, 0.6) is 5.75 Å². The van der Waals surface area contributed by atoms with Crippen molar-refractivity contribution in [3.05, 3.63) is 29.8 Å². The van der Waals surface area contributed by atoms with E-state index in [-0.39, 0.29) is 12.6 Å². The lowest BCUT2D eigenvalue weighted by Gasteiger charge is -2.29. The van der Waals surface area contributed by atoms with Gasteiger partial charge in [0.2, 0.25) is 0 Å². The smallest absolute Gasteiger partial charge is 0.316 e. The molecule has 1 aromatic carbocycles. The Morgan fingerprint density at radius 3 is 2.60 bits per heavy atom. The van der Waals surface area contributed by atoms with Gasteiger partial charge in [0, 0.05) is 5.38 Å². The highest BCUT2D eigenvalue weighted by Crippen LogP contribution is 2.34. The number of hydrogen-bond donors (Lipinski definition) is 0. The van der Waals surface area contributed by atoms with E-state index in [4.69, 9.17) is 21.1 Å². The highest BCUT2D eigenvalue weighted by molar-refractivity contribution is 6.30. The van der Waals surface area contributed by atoms with Gasteiger partial charge in [-0.15, -0.1) is 0 Å². The van der Waals surface area contributed by atoms with Crippen LogP contribution in [-0.4, -0.2) is 19.7 Å². The van der Waals surface area contributed by atoms with E-state index in [2.05, 4.69) is 11.3 Å². The lowest BCUT2D eigenvalue weighted by Crippen LogP contribution is -2.35. The molecule has 0 fully saturated rings. The molecule has 3 nitrogen and oxygen atoms in total. The second kappa shape index (κ2) is 7.81. The summed E-state index contributed by atoms with van der Waals surface area (Å²) >= 11 is 5.27. The summed E-state index contributed by atoms with van der Waals surface area (Å²) in [6, 6.07) is 7.47. The molecule has 4 heteroatoms. The third-order valence-corrected chi connectivity index (χ3v) is 3.68. The van der Waals surface area contributed by atoms with Gasteiger partial charge < -0.3 is 9.47 Å². The van der Waals surface area contributed by atoms with Crippen molar-refractivity contribution in [3.63, 3.8) is 0 Å². The van der Waals surface area contributed by atoms with Crippen molar-refractivity contribution in [2.24, 2.45) is 0 Å². The molecular weight excluding hydrogens is 276 g/mol. The predicted octanol–water partition coefficient (Wildman–Crippen LogP) is 3.50. The Balaban J connectivity index is 3.10. The molecule has 0 bridgehead atoms. The molecule has 0 aliphatic rings. The first-order chi connectivity index (χ1) is 9.64. The summed E-state index contributed by atoms with van der Waals surface area (Å²) in [5.41, 5.74) is 0.261. The number of halogens is 1. The summed E-state index contributed by atoms with van der Waals surface area (Å²) < 4.78 is 10.4. The van der Waals surface area contributed by atoms with Gasteiger partial charge >= 0.3 is 5.97 Å². The fourth-order valence-electron chi connectivity index (χ4n) is 2.29. The number of methoxy groups -OCH3 is 1. The van der Waals surface area contributed by atoms with Crippen molar-refractivity contribution < 1.29 is 14.3 Å². The molecule has 108 valence electrons. The van der Waals surface area contributed by atoms with Gasteiger partial charge in [-0.05, 0) is 48.1 Å². The molecule has 0 saturated heterocycles. The Hall–Kier alpha value is -1.66. The third kappa shape index (κ3) is 3.46. The van der Waals surface area contributed by atoms with Crippen LogP contribution in [0.15, 0.2) is 24.3 Å². The van der Waals surface area contributed by atoms with Gasteiger partial charge in [-0.3, -0.25) is 4.79 Å². The molecule has 0 aliphatic carbocycles. The van der Waals surface area contributed by atoms with Crippen LogP contribution < -0.4 is 4.74 Å². The van der Waals surface area contributed by atoms with Gasteiger partial charge in [-0.25, -0.2) is 0 Å². The normalized spacial score (nSPS) is 10.4. The molecule has 0 spiro atoms. The topological polar surface area (TPSA) is 35.5 Å². The van der Waals surface area contributed by atoms with Crippen LogP contribution in [0.2, 0.25) is 0 Å². The molecule has 0 atom stereocenters. The van der Waals surface area contributed by atoms with Gasteiger partial charge in [0.1, 0.15) is 12.4 Å². The standard InChI is InChI=1S/C16H19ClO3/c1-4-16(5-2,15(18)19-3)13-8-6-9-14(12-13)20-11-7-10-17/h6,8-9,12H,4-5,11H2,1-3H3. The molecule has 20 heavy (non-hydrogen) atoms. The summed E-state index contributed by atoms with van der Waals surface area (Å²) in [7, 11) is 1.42. The number of ether oxygens (including phenoxy) is 2. The Bertz CT molecular complexity index is 510.